The molecule has 128 valence electrons. The highest BCUT2D eigenvalue weighted by atomic mass is 35.5. The number of carbonyl (C=O) groups is 1. The van der Waals surface area contributed by atoms with Crippen molar-refractivity contribution in [2.24, 2.45) is 0 Å². The minimum absolute atomic E-state index is 0.236. The summed E-state index contributed by atoms with van der Waals surface area (Å²) in [4.78, 5) is 25.5. The highest BCUT2D eigenvalue weighted by Gasteiger charge is 2.31. The molecule has 1 aromatic heterocycles. The van der Waals surface area contributed by atoms with Crippen molar-refractivity contribution in [1.29, 1.82) is 0 Å². The molecule has 2 rings (SSSR count). The molecule has 5 nitrogen and oxygen atoms in total. The zero-order valence-electron chi connectivity index (χ0n) is 12.3. The van der Waals surface area contributed by atoms with Crippen LogP contribution in [-0.2, 0) is 11.0 Å². The van der Waals surface area contributed by atoms with Gasteiger partial charge in [-0.25, -0.2) is 0 Å². The summed E-state index contributed by atoms with van der Waals surface area (Å²) in [5.41, 5.74) is -2.47. The Labute approximate surface area is 139 Å². The van der Waals surface area contributed by atoms with Gasteiger partial charge < -0.3 is 15.0 Å². The third kappa shape index (κ3) is 4.29. The molecular weight excluding hydrogens is 349 g/mol. The molecule has 2 aromatic rings. The number of H-pyrrole nitrogens is 1. The van der Waals surface area contributed by atoms with Crippen molar-refractivity contribution in [1.82, 2.24) is 4.98 Å². The van der Waals surface area contributed by atoms with Crippen LogP contribution < -0.4 is 15.6 Å². The Morgan fingerprint density at radius 1 is 1.33 bits per heavy atom. The summed E-state index contributed by atoms with van der Waals surface area (Å²) in [7, 11) is 0. The van der Waals surface area contributed by atoms with Gasteiger partial charge in [0.1, 0.15) is 11.4 Å². The molecule has 2 N–H and O–H groups in total. The van der Waals surface area contributed by atoms with Gasteiger partial charge >= 0.3 is 6.18 Å². The number of ether oxygens (including phenoxy) is 1. The molecule has 24 heavy (non-hydrogen) atoms. The van der Waals surface area contributed by atoms with E-state index < -0.39 is 35.0 Å². The number of nitrogens with one attached hydrogen (secondary N) is 2. The predicted molar refractivity (Wildman–Crippen MR) is 82.2 cm³/mol. The third-order valence-corrected chi connectivity index (χ3v) is 3.31. The number of anilines is 1. The highest BCUT2D eigenvalue weighted by molar-refractivity contribution is 6.32. The van der Waals surface area contributed by atoms with E-state index >= 15 is 0 Å². The first kappa shape index (κ1) is 17.9. The molecule has 0 aliphatic carbocycles. The molecule has 0 saturated carbocycles. The number of carbonyl (C=O) groups excluding carboxylic acids is 1. The molecule has 0 saturated heterocycles. The van der Waals surface area contributed by atoms with E-state index in [4.69, 9.17) is 16.3 Å². The Hall–Kier alpha value is -2.48. The summed E-state index contributed by atoms with van der Waals surface area (Å²) < 4.78 is 43.3. The Morgan fingerprint density at radius 2 is 2.00 bits per heavy atom. The zero-order chi connectivity index (χ0) is 17.9. The first-order chi connectivity index (χ1) is 11.2. The van der Waals surface area contributed by atoms with Crippen LogP contribution in [0.5, 0.6) is 5.75 Å². The number of benzene rings is 1. The molecule has 0 radical (unpaired) electrons. The Kier molecular flexibility index (Phi) is 5.18. The maximum Gasteiger partial charge on any atom is 0.417 e. The standard InChI is InChI=1S/C15H12ClF3N2O3/c1-8(24-12-5-3-2-4-10(12)16)13(22)21-11-6-9(15(17,18)19)7-20-14(11)23/h2-8H,1H3,(H,20,23)(H,21,22)/t8-/m1/s1. The lowest BCUT2D eigenvalue weighted by molar-refractivity contribution is -0.137. The lowest BCUT2D eigenvalue weighted by Crippen LogP contribution is -2.32. The topological polar surface area (TPSA) is 71.2 Å². The van der Waals surface area contributed by atoms with Crippen molar-refractivity contribution >= 4 is 23.2 Å². The monoisotopic (exact) mass is 360 g/mol. The molecule has 0 aliphatic rings. The number of amides is 1. The molecular formula is C15H12ClF3N2O3. The molecule has 1 aromatic carbocycles. The Morgan fingerprint density at radius 3 is 2.62 bits per heavy atom. The van der Waals surface area contributed by atoms with E-state index in [0.717, 1.165) is 0 Å². The number of para-hydroxylation sites is 1. The lowest BCUT2D eigenvalue weighted by atomic mass is 10.2. The number of aromatic amines is 1. The van der Waals surface area contributed by atoms with E-state index in [0.29, 0.717) is 12.3 Å². The van der Waals surface area contributed by atoms with Gasteiger partial charge in [0.05, 0.1) is 10.6 Å². The average Bonchev–Trinajstić information content (AvgIpc) is 2.50. The first-order valence-corrected chi connectivity index (χ1v) is 7.08. The molecule has 0 unspecified atom stereocenters. The van der Waals surface area contributed by atoms with Crippen molar-refractivity contribution in [2.45, 2.75) is 19.2 Å². The van der Waals surface area contributed by atoms with Gasteiger partial charge in [0.15, 0.2) is 6.10 Å². The third-order valence-electron chi connectivity index (χ3n) is 3.00. The van der Waals surface area contributed by atoms with Crippen LogP contribution in [0.25, 0.3) is 0 Å². The van der Waals surface area contributed by atoms with Gasteiger partial charge in [0.25, 0.3) is 11.5 Å². The second kappa shape index (κ2) is 6.96. The molecule has 0 aliphatic heterocycles. The normalized spacial score (nSPS) is 12.5. The van der Waals surface area contributed by atoms with Crippen LogP contribution in [0.4, 0.5) is 18.9 Å². The number of pyridine rings is 1. The van der Waals surface area contributed by atoms with Gasteiger partial charge in [-0.05, 0) is 25.1 Å². The summed E-state index contributed by atoms with van der Waals surface area (Å²) in [5, 5.41) is 2.38. The quantitative estimate of drug-likeness (QED) is 0.877. The van der Waals surface area contributed by atoms with Crippen LogP contribution in [0.15, 0.2) is 41.3 Å². The van der Waals surface area contributed by atoms with Gasteiger partial charge in [0, 0.05) is 6.20 Å². The Balaban J connectivity index is 2.14. The van der Waals surface area contributed by atoms with Gasteiger partial charge in [-0.15, -0.1) is 0 Å². The van der Waals surface area contributed by atoms with E-state index in [9.17, 15) is 22.8 Å². The number of alkyl halides is 3. The first-order valence-electron chi connectivity index (χ1n) is 6.70. The summed E-state index contributed by atoms with van der Waals surface area (Å²) in [6.07, 6.45) is -5.20. The summed E-state index contributed by atoms with van der Waals surface area (Å²) in [6.45, 7) is 1.38. The van der Waals surface area contributed by atoms with Crippen LogP contribution in [-0.4, -0.2) is 17.0 Å². The SMILES string of the molecule is C[C@@H](Oc1ccccc1Cl)C(=O)Nc1cc(C(F)(F)F)c[nH]c1=O. The second-order valence-electron chi connectivity index (χ2n) is 4.81. The number of aromatic nitrogens is 1. The van der Waals surface area contributed by atoms with E-state index in [2.05, 4.69) is 5.32 Å². The fraction of sp³-hybridized carbons (Fsp3) is 0.200. The number of halogens is 4. The van der Waals surface area contributed by atoms with Crippen molar-refractivity contribution in [3.05, 3.63) is 57.5 Å². The van der Waals surface area contributed by atoms with Gasteiger partial charge in [-0.2, -0.15) is 13.2 Å². The van der Waals surface area contributed by atoms with Crippen molar-refractivity contribution in [2.75, 3.05) is 5.32 Å². The highest BCUT2D eigenvalue weighted by Crippen LogP contribution is 2.29. The fourth-order valence-electron chi connectivity index (χ4n) is 1.76. The zero-order valence-corrected chi connectivity index (χ0v) is 13.0. The molecule has 0 bridgehead atoms. The number of hydrogen-bond acceptors (Lipinski definition) is 3. The van der Waals surface area contributed by atoms with Crippen LogP contribution >= 0.6 is 11.6 Å². The lowest BCUT2D eigenvalue weighted by Gasteiger charge is -2.15. The minimum Gasteiger partial charge on any atom is -0.479 e. The van der Waals surface area contributed by atoms with Crippen LogP contribution in [0.2, 0.25) is 5.02 Å². The van der Waals surface area contributed by atoms with E-state index in [1.54, 1.807) is 18.2 Å². The van der Waals surface area contributed by atoms with Gasteiger partial charge in [0.2, 0.25) is 0 Å². The van der Waals surface area contributed by atoms with Gasteiger partial charge in [-0.3, -0.25) is 9.59 Å². The maximum atomic E-state index is 12.7. The second-order valence-corrected chi connectivity index (χ2v) is 5.22. The smallest absolute Gasteiger partial charge is 0.417 e. The molecule has 1 heterocycles. The number of rotatable bonds is 4. The van der Waals surface area contributed by atoms with E-state index in [-0.39, 0.29) is 10.8 Å². The molecule has 1 atom stereocenters. The molecule has 1 amide bonds. The number of hydrogen-bond donors (Lipinski definition) is 2. The molecule has 0 fully saturated rings. The summed E-state index contributed by atoms with van der Waals surface area (Å²) in [6, 6.07) is 6.95. The molecule has 9 heteroatoms. The van der Waals surface area contributed by atoms with Crippen molar-refractivity contribution in [3.8, 4) is 5.75 Å². The van der Waals surface area contributed by atoms with Crippen LogP contribution in [0, 0.1) is 0 Å². The fourth-order valence-corrected chi connectivity index (χ4v) is 1.94. The predicted octanol–water partition coefficient (Wildman–Crippen LogP) is 3.45. The summed E-state index contributed by atoms with van der Waals surface area (Å²) >= 11 is 5.89. The minimum atomic E-state index is -4.65. The molecule has 0 spiro atoms. The average molecular weight is 361 g/mol. The van der Waals surface area contributed by atoms with Crippen molar-refractivity contribution in [3.63, 3.8) is 0 Å². The van der Waals surface area contributed by atoms with Crippen molar-refractivity contribution < 1.29 is 22.7 Å². The summed E-state index contributed by atoms with van der Waals surface area (Å²) in [5.74, 6) is -0.556. The largest absolute Gasteiger partial charge is 0.479 e. The Bertz CT molecular complexity index is 805. The van der Waals surface area contributed by atoms with Crippen LogP contribution in [0.1, 0.15) is 12.5 Å². The van der Waals surface area contributed by atoms with Gasteiger partial charge in [-0.1, -0.05) is 23.7 Å². The maximum absolute atomic E-state index is 12.7. The van der Waals surface area contributed by atoms with E-state index in [1.807, 2.05) is 4.98 Å². The van der Waals surface area contributed by atoms with Crippen LogP contribution in [0.3, 0.4) is 0 Å². The van der Waals surface area contributed by atoms with E-state index in [1.165, 1.54) is 13.0 Å².